The van der Waals surface area contributed by atoms with Crippen LogP contribution in [0.15, 0.2) is 0 Å². The summed E-state index contributed by atoms with van der Waals surface area (Å²) in [4.78, 5) is 0. The number of unbranched alkanes of at least 4 members (excludes halogenated alkanes) is 3. The molecular formula is C24H44O3Sn. The Kier molecular flexibility index (Phi) is 7.07. The molecule has 0 unspecified atom stereocenters. The Labute approximate surface area is 177 Å². The molecule has 0 radical (unpaired) electrons. The van der Waals surface area contributed by atoms with E-state index in [9.17, 15) is 0 Å². The van der Waals surface area contributed by atoms with Crippen LogP contribution >= 0.6 is 0 Å². The first-order chi connectivity index (χ1) is 13.6. The van der Waals surface area contributed by atoms with Crippen LogP contribution in [0.2, 0.25) is 17.7 Å². The zero-order chi connectivity index (χ0) is 19.8. The molecule has 7 atom stereocenters. The first kappa shape index (κ1) is 21.9. The molecule has 3 nitrogen and oxygen atoms in total. The van der Waals surface area contributed by atoms with Crippen LogP contribution in [0, 0.1) is 23.2 Å². The van der Waals surface area contributed by atoms with Crippen molar-refractivity contribution in [3.05, 3.63) is 0 Å². The van der Waals surface area contributed by atoms with Crippen molar-refractivity contribution in [2.45, 2.75) is 109 Å². The molecule has 3 saturated heterocycles. The van der Waals surface area contributed by atoms with Crippen molar-refractivity contribution in [3.63, 3.8) is 0 Å². The second-order valence-corrected chi connectivity index (χ2v) is 24.6. The predicted octanol–water partition coefficient (Wildman–Crippen LogP) is 6.25. The average molecular weight is 499 g/mol. The van der Waals surface area contributed by atoms with Gasteiger partial charge in [0.25, 0.3) is 0 Å². The molecule has 0 spiro atoms. The monoisotopic (exact) mass is 500 g/mol. The van der Waals surface area contributed by atoms with Crippen LogP contribution in [-0.4, -0.2) is 50.1 Å². The minimum atomic E-state index is -2.21. The van der Waals surface area contributed by atoms with Crippen molar-refractivity contribution in [1.82, 2.24) is 0 Å². The second kappa shape index (κ2) is 9.04. The standard InChI is InChI=1S/C12H17O3.3C4H9.Sn/c1-6-10-8-7(4-13-10)3-12(2)5-14-11(15-6)9(8)12;3*1-3-4-2;/h6-11H,2-5H2,1H3;3*1,3-4H2,2H3;/t6-,7-,8+,9-,10-,11+,12+;;;;/m0..../s1. The van der Waals surface area contributed by atoms with Gasteiger partial charge in [-0.2, -0.15) is 0 Å². The fourth-order valence-electron chi connectivity index (χ4n) is 7.61. The van der Waals surface area contributed by atoms with Crippen LogP contribution in [-0.2, 0) is 14.2 Å². The van der Waals surface area contributed by atoms with Gasteiger partial charge in [-0.25, -0.2) is 0 Å². The molecule has 0 N–H and O–H groups in total. The molecule has 4 aliphatic rings. The molecule has 162 valence electrons. The van der Waals surface area contributed by atoms with Crippen LogP contribution in [0.5, 0.6) is 0 Å². The van der Waals surface area contributed by atoms with Gasteiger partial charge in [-0.1, -0.05) is 0 Å². The molecule has 0 aromatic heterocycles. The van der Waals surface area contributed by atoms with Gasteiger partial charge in [-0.15, -0.1) is 0 Å². The molecule has 0 bridgehead atoms. The van der Waals surface area contributed by atoms with E-state index in [-0.39, 0.29) is 12.4 Å². The Morgan fingerprint density at radius 3 is 2.18 bits per heavy atom. The van der Waals surface area contributed by atoms with Gasteiger partial charge in [0.15, 0.2) is 0 Å². The van der Waals surface area contributed by atoms with E-state index >= 15 is 0 Å². The van der Waals surface area contributed by atoms with E-state index in [4.69, 9.17) is 14.2 Å². The summed E-state index contributed by atoms with van der Waals surface area (Å²) in [6, 6.07) is 0. The van der Waals surface area contributed by atoms with Crippen molar-refractivity contribution >= 4 is 18.4 Å². The third-order valence-electron chi connectivity index (χ3n) is 8.77. The van der Waals surface area contributed by atoms with Crippen LogP contribution in [0.3, 0.4) is 0 Å². The molecule has 4 fully saturated rings. The van der Waals surface area contributed by atoms with Crippen molar-refractivity contribution in [1.29, 1.82) is 0 Å². The minimum absolute atomic E-state index is 0.0652. The summed E-state index contributed by atoms with van der Waals surface area (Å²) < 4.78 is 25.5. The molecule has 0 amide bonds. The molecule has 1 aliphatic carbocycles. The zero-order valence-electron chi connectivity index (χ0n) is 18.9. The Morgan fingerprint density at radius 2 is 1.57 bits per heavy atom. The third-order valence-corrected chi connectivity index (χ3v) is 25.0. The summed E-state index contributed by atoms with van der Waals surface area (Å²) >= 11 is -2.21. The topological polar surface area (TPSA) is 27.7 Å². The maximum atomic E-state index is 6.40. The SMILES string of the molecule is CCC[CH2][Sn]([CH2]CCC)([CH2]CCC)[CH2][C@]12CO[C@@H]3O[C@@H](C)[C@@H]4OC[C@H](C1)[C@@H]4[C@@H]32. The summed E-state index contributed by atoms with van der Waals surface area (Å²) in [7, 11) is 0. The predicted molar refractivity (Wildman–Crippen MR) is 117 cm³/mol. The molecule has 3 heterocycles. The number of rotatable bonds is 11. The van der Waals surface area contributed by atoms with E-state index in [0.717, 1.165) is 19.1 Å². The third kappa shape index (κ3) is 3.84. The van der Waals surface area contributed by atoms with Gasteiger partial charge < -0.3 is 0 Å². The fraction of sp³-hybridized carbons (Fsp3) is 1.00. The van der Waals surface area contributed by atoms with Crippen LogP contribution in [0.1, 0.15) is 72.6 Å². The Hall–Kier alpha value is 0.679. The van der Waals surface area contributed by atoms with Crippen molar-refractivity contribution in [3.8, 4) is 0 Å². The molecule has 4 rings (SSSR count). The number of hydrogen-bond acceptors (Lipinski definition) is 3. The zero-order valence-corrected chi connectivity index (χ0v) is 21.7. The van der Waals surface area contributed by atoms with Gasteiger partial charge in [0.1, 0.15) is 0 Å². The first-order valence-corrected chi connectivity index (χ1v) is 20.5. The first-order valence-electron chi connectivity index (χ1n) is 12.5. The summed E-state index contributed by atoms with van der Waals surface area (Å²) in [5.74, 6) is 2.12. The van der Waals surface area contributed by atoms with Crippen molar-refractivity contribution in [2.24, 2.45) is 23.2 Å². The van der Waals surface area contributed by atoms with E-state index in [1.54, 1.807) is 17.7 Å². The summed E-state index contributed by atoms with van der Waals surface area (Å²) in [6.07, 6.45) is 10.5. The fourth-order valence-corrected chi connectivity index (χ4v) is 26.3. The van der Waals surface area contributed by atoms with Crippen molar-refractivity contribution in [2.75, 3.05) is 13.2 Å². The summed E-state index contributed by atoms with van der Waals surface area (Å²) in [5.41, 5.74) is 0.438. The quantitative estimate of drug-likeness (QED) is 0.315. The Bertz CT molecular complexity index is 504. The Balaban J connectivity index is 1.60. The molecule has 28 heavy (non-hydrogen) atoms. The van der Waals surface area contributed by atoms with Crippen LogP contribution < -0.4 is 0 Å². The van der Waals surface area contributed by atoms with E-state index in [0.29, 0.717) is 23.4 Å². The second-order valence-electron chi connectivity index (χ2n) is 10.7. The normalized spacial score (nSPS) is 41.6. The summed E-state index contributed by atoms with van der Waals surface area (Å²) in [5, 5.41) is 0. The maximum absolute atomic E-state index is 6.40. The van der Waals surface area contributed by atoms with E-state index < -0.39 is 18.4 Å². The van der Waals surface area contributed by atoms with Crippen molar-refractivity contribution < 1.29 is 14.2 Å². The van der Waals surface area contributed by atoms with Crippen LogP contribution in [0.25, 0.3) is 0 Å². The molecule has 3 aliphatic heterocycles. The molecule has 1 saturated carbocycles. The number of ether oxygens (including phenoxy) is 3. The summed E-state index contributed by atoms with van der Waals surface area (Å²) in [6.45, 7) is 11.3. The Morgan fingerprint density at radius 1 is 0.929 bits per heavy atom. The van der Waals surface area contributed by atoms with Gasteiger partial charge >= 0.3 is 178 Å². The van der Waals surface area contributed by atoms with E-state index in [1.807, 2.05) is 0 Å². The molecule has 0 aromatic rings. The van der Waals surface area contributed by atoms with Gasteiger partial charge in [0.05, 0.1) is 0 Å². The number of hydrogen-bond donors (Lipinski definition) is 0. The van der Waals surface area contributed by atoms with E-state index in [1.165, 1.54) is 44.9 Å². The molecular weight excluding hydrogens is 455 g/mol. The molecule has 4 heteroatoms. The van der Waals surface area contributed by atoms with Gasteiger partial charge in [-0.05, 0) is 0 Å². The van der Waals surface area contributed by atoms with Crippen LogP contribution in [0.4, 0.5) is 0 Å². The average Bonchev–Trinajstić information content (AvgIpc) is 3.33. The van der Waals surface area contributed by atoms with Gasteiger partial charge in [-0.3, -0.25) is 0 Å². The molecule has 0 aromatic carbocycles. The van der Waals surface area contributed by atoms with Gasteiger partial charge in [0, 0.05) is 0 Å². The van der Waals surface area contributed by atoms with E-state index in [2.05, 4.69) is 27.7 Å². The van der Waals surface area contributed by atoms with Gasteiger partial charge in [0.2, 0.25) is 0 Å².